The molecule has 0 fully saturated rings. The van der Waals surface area contributed by atoms with Gasteiger partial charge in [0, 0.05) is 10.2 Å². The van der Waals surface area contributed by atoms with E-state index >= 15 is 0 Å². The second-order valence-electron chi connectivity index (χ2n) is 3.19. The molecule has 0 aliphatic rings. The number of carbonyl (C=O) groups excluding carboxylic acids is 1. The number of halogens is 1. The summed E-state index contributed by atoms with van der Waals surface area (Å²) in [5.41, 5.74) is 0.709. The molecule has 0 unspecified atom stereocenters. The molecular formula is C10H13BrN2O2. The predicted octanol–water partition coefficient (Wildman–Crippen LogP) is 1.95. The summed E-state index contributed by atoms with van der Waals surface area (Å²) in [5, 5.41) is 14.0. The fourth-order valence-corrected chi connectivity index (χ4v) is 1.23. The van der Waals surface area contributed by atoms with Crippen LogP contribution in [0.15, 0.2) is 28.7 Å². The molecular weight excluding hydrogens is 260 g/mol. The van der Waals surface area contributed by atoms with Crippen molar-refractivity contribution in [1.82, 2.24) is 5.32 Å². The maximum atomic E-state index is 11.3. The van der Waals surface area contributed by atoms with Crippen LogP contribution in [0.4, 0.5) is 10.5 Å². The number of rotatable bonds is 3. The van der Waals surface area contributed by atoms with Gasteiger partial charge >= 0.3 is 6.03 Å². The van der Waals surface area contributed by atoms with Crippen LogP contribution in [0.25, 0.3) is 0 Å². The van der Waals surface area contributed by atoms with Gasteiger partial charge < -0.3 is 15.7 Å². The first-order chi connectivity index (χ1) is 7.11. The van der Waals surface area contributed by atoms with Gasteiger partial charge in [-0.1, -0.05) is 15.9 Å². The van der Waals surface area contributed by atoms with Crippen LogP contribution in [-0.2, 0) is 0 Å². The zero-order valence-corrected chi connectivity index (χ0v) is 9.91. The molecule has 2 amide bonds. The van der Waals surface area contributed by atoms with Crippen LogP contribution < -0.4 is 10.6 Å². The molecule has 0 radical (unpaired) electrons. The van der Waals surface area contributed by atoms with Gasteiger partial charge in [-0.05, 0) is 31.2 Å². The van der Waals surface area contributed by atoms with Gasteiger partial charge in [-0.3, -0.25) is 0 Å². The zero-order chi connectivity index (χ0) is 11.3. The summed E-state index contributed by atoms with van der Waals surface area (Å²) >= 11 is 3.30. The average Bonchev–Trinajstić information content (AvgIpc) is 2.21. The van der Waals surface area contributed by atoms with E-state index in [2.05, 4.69) is 26.6 Å². The van der Waals surface area contributed by atoms with E-state index in [0.29, 0.717) is 5.69 Å². The number of urea groups is 1. The predicted molar refractivity (Wildman–Crippen MR) is 62.8 cm³/mol. The molecule has 0 saturated carbocycles. The quantitative estimate of drug-likeness (QED) is 0.788. The van der Waals surface area contributed by atoms with Gasteiger partial charge in [-0.2, -0.15) is 0 Å². The summed E-state index contributed by atoms with van der Waals surface area (Å²) in [4.78, 5) is 11.3. The van der Waals surface area contributed by atoms with E-state index in [4.69, 9.17) is 5.11 Å². The van der Waals surface area contributed by atoms with Gasteiger partial charge in [0.1, 0.15) is 0 Å². The lowest BCUT2D eigenvalue weighted by molar-refractivity contribution is 0.229. The summed E-state index contributed by atoms with van der Waals surface area (Å²) in [5.74, 6) is 0. The van der Waals surface area contributed by atoms with Crippen molar-refractivity contribution in [2.45, 2.75) is 13.0 Å². The number of aliphatic hydroxyl groups is 1. The Morgan fingerprint density at radius 2 is 2.07 bits per heavy atom. The Morgan fingerprint density at radius 3 is 2.60 bits per heavy atom. The molecule has 82 valence electrons. The highest BCUT2D eigenvalue weighted by molar-refractivity contribution is 9.10. The molecule has 15 heavy (non-hydrogen) atoms. The van der Waals surface area contributed by atoms with Crippen molar-refractivity contribution in [2.24, 2.45) is 0 Å². The van der Waals surface area contributed by atoms with Crippen LogP contribution in [0, 0.1) is 0 Å². The second kappa shape index (κ2) is 5.72. The topological polar surface area (TPSA) is 61.4 Å². The number of hydrogen-bond donors (Lipinski definition) is 3. The van der Waals surface area contributed by atoms with E-state index in [9.17, 15) is 4.79 Å². The molecule has 0 aliphatic carbocycles. The van der Waals surface area contributed by atoms with Gasteiger partial charge in [0.05, 0.1) is 12.6 Å². The lowest BCUT2D eigenvalue weighted by Gasteiger charge is -2.11. The van der Waals surface area contributed by atoms with Crippen molar-refractivity contribution in [3.8, 4) is 0 Å². The SMILES string of the molecule is C[C@@H](CO)NC(=O)Nc1ccc(Br)cc1. The summed E-state index contributed by atoms with van der Waals surface area (Å²) in [6.07, 6.45) is 0. The molecule has 1 rings (SSSR count). The van der Waals surface area contributed by atoms with E-state index in [1.807, 2.05) is 12.1 Å². The largest absolute Gasteiger partial charge is 0.394 e. The first-order valence-electron chi connectivity index (χ1n) is 4.55. The number of amides is 2. The molecule has 0 saturated heterocycles. The zero-order valence-electron chi connectivity index (χ0n) is 8.33. The number of carbonyl (C=O) groups is 1. The fourth-order valence-electron chi connectivity index (χ4n) is 0.970. The number of aliphatic hydroxyl groups excluding tert-OH is 1. The molecule has 5 heteroatoms. The van der Waals surface area contributed by atoms with Crippen molar-refractivity contribution in [3.63, 3.8) is 0 Å². The number of hydrogen-bond acceptors (Lipinski definition) is 2. The summed E-state index contributed by atoms with van der Waals surface area (Å²) in [6.45, 7) is 1.65. The van der Waals surface area contributed by atoms with E-state index < -0.39 is 0 Å². The smallest absolute Gasteiger partial charge is 0.319 e. The second-order valence-corrected chi connectivity index (χ2v) is 4.10. The molecule has 1 aromatic rings. The monoisotopic (exact) mass is 272 g/mol. The Hall–Kier alpha value is -1.07. The van der Waals surface area contributed by atoms with Gasteiger partial charge in [-0.15, -0.1) is 0 Å². The van der Waals surface area contributed by atoms with Crippen molar-refractivity contribution < 1.29 is 9.90 Å². The first-order valence-corrected chi connectivity index (χ1v) is 5.35. The third-order valence-corrected chi connectivity index (χ3v) is 2.28. The number of nitrogens with one attached hydrogen (secondary N) is 2. The summed E-state index contributed by atoms with van der Waals surface area (Å²) in [6, 6.07) is 6.68. The Labute approximate surface area is 96.8 Å². The van der Waals surface area contributed by atoms with Crippen LogP contribution in [0.2, 0.25) is 0 Å². The van der Waals surface area contributed by atoms with Gasteiger partial charge in [0.25, 0.3) is 0 Å². The Morgan fingerprint density at radius 1 is 1.47 bits per heavy atom. The lowest BCUT2D eigenvalue weighted by Crippen LogP contribution is -2.38. The van der Waals surface area contributed by atoms with Crippen molar-refractivity contribution in [1.29, 1.82) is 0 Å². The van der Waals surface area contributed by atoms with Gasteiger partial charge in [0.15, 0.2) is 0 Å². The lowest BCUT2D eigenvalue weighted by atomic mass is 10.3. The van der Waals surface area contributed by atoms with Crippen molar-refractivity contribution in [2.75, 3.05) is 11.9 Å². The van der Waals surface area contributed by atoms with Gasteiger partial charge in [-0.25, -0.2) is 4.79 Å². The normalized spacial score (nSPS) is 11.9. The van der Waals surface area contributed by atoms with Crippen LogP contribution in [0.1, 0.15) is 6.92 Å². The maximum absolute atomic E-state index is 11.3. The van der Waals surface area contributed by atoms with E-state index in [-0.39, 0.29) is 18.7 Å². The minimum absolute atomic E-state index is 0.0756. The van der Waals surface area contributed by atoms with Crippen molar-refractivity contribution >= 4 is 27.6 Å². The number of anilines is 1. The highest BCUT2D eigenvalue weighted by Gasteiger charge is 2.05. The molecule has 1 atom stereocenters. The highest BCUT2D eigenvalue weighted by Crippen LogP contribution is 2.13. The summed E-state index contributed by atoms with van der Waals surface area (Å²) in [7, 11) is 0. The molecule has 3 N–H and O–H groups in total. The molecule has 0 spiro atoms. The maximum Gasteiger partial charge on any atom is 0.319 e. The minimum Gasteiger partial charge on any atom is -0.394 e. The third kappa shape index (κ3) is 4.31. The molecule has 0 aromatic heterocycles. The molecule has 0 bridgehead atoms. The van der Waals surface area contributed by atoms with Crippen LogP contribution >= 0.6 is 15.9 Å². The first kappa shape index (κ1) is 12.0. The standard InChI is InChI=1S/C10H13BrN2O2/c1-7(6-14)12-10(15)13-9-4-2-8(11)3-5-9/h2-5,7,14H,6H2,1H3,(H2,12,13,15)/t7-/m0/s1. The molecule has 0 aliphatic heterocycles. The van der Waals surface area contributed by atoms with Crippen LogP contribution in [0.5, 0.6) is 0 Å². The van der Waals surface area contributed by atoms with E-state index in [0.717, 1.165) is 4.47 Å². The van der Waals surface area contributed by atoms with E-state index in [1.165, 1.54) is 0 Å². The average molecular weight is 273 g/mol. The Balaban J connectivity index is 2.48. The molecule has 1 aromatic carbocycles. The van der Waals surface area contributed by atoms with Gasteiger partial charge in [0.2, 0.25) is 0 Å². The fraction of sp³-hybridized carbons (Fsp3) is 0.300. The van der Waals surface area contributed by atoms with Crippen LogP contribution in [0.3, 0.4) is 0 Å². The number of benzene rings is 1. The Bertz CT molecular complexity index is 327. The van der Waals surface area contributed by atoms with Crippen LogP contribution in [-0.4, -0.2) is 23.8 Å². The Kier molecular flexibility index (Phi) is 4.58. The minimum atomic E-state index is -0.320. The van der Waals surface area contributed by atoms with Crippen molar-refractivity contribution in [3.05, 3.63) is 28.7 Å². The van der Waals surface area contributed by atoms with E-state index in [1.54, 1.807) is 19.1 Å². The molecule has 0 heterocycles. The molecule has 4 nitrogen and oxygen atoms in total. The summed E-state index contributed by atoms with van der Waals surface area (Å²) < 4.78 is 0.956. The third-order valence-electron chi connectivity index (χ3n) is 1.75. The highest BCUT2D eigenvalue weighted by atomic mass is 79.9.